The molecule has 6 heteroatoms. The van der Waals surface area contributed by atoms with Crippen molar-refractivity contribution < 1.29 is 14.3 Å². The summed E-state index contributed by atoms with van der Waals surface area (Å²) in [6, 6.07) is 7.36. The molecule has 1 rings (SSSR count). The van der Waals surface area contributed by atoms with Crippen LogP contribution in [0.5, 0.6) is 5.75 Å². The molecule has 5 nitrogen and oxygen atoms in total. The molecule has 0 amide bonds. The first kappa shape index (κ1) is 15.5. The van der Waals surface area contributed by atoms with Gasteiger partial charge in [0.25, 0.3) is 0 Å². The van der Waals surface area contributed by atoms with Gasteiger partial charge < -0.3 is 4.74 Å². The Balaban J connectivity index is 0. The first-order chi connectivity index (χ1) is 7.17. The van der Waals surface area contributed by atoms with Gasteiger partial charge in [0.2, 0.25) is 12.2 Å². The molecule has 0 spiro atoms. The summed E-state index contributed by atoms with van der Waals surface area (Å²) in [7, 11) is 1.60. The van der Waals surface area contributed by atoms with Crippen molar-refractivity contribution in [3.05, 3.63) is 29.3 Å². The number of isocyanates is 2. The molecule has 2 N–H and O–H groups in total. The normalized spacial score (nSPS) is 6.53. The monoisotopic (exact) mass is 228 g/mol. The van der Waals surface area contributed by atoms with Gasteiger partial charge in [-0.15, -0.1) is 0 Å². The van der Waals surface area contributed by atoms with E-state index in [1.54, 1.807) is 13.2 Å². The maximum absolute atomic E-state index is 8.35. The molecule has 1 aromatic carbocycles. The van der Waals surface area contributed by atoms with E-state index in [1.807, 2.05) is 18.2 Å². The van der Waals surface area contributed by atoms with Gasteiger partial charge in [-0.2, -0.15) is 0 Å². The minimum absolute atomic E-state index is 0.653. The summed E-state index contributed by atoms with van der Waals surface area (Å²) in [5, 5.41) is 11.5. The van der Waals surface area contributed by atoms with Crippen LogP contribution in [-0.2, 0) is 9.59 Å². The number of hydrogen-bond donors (Lipinski definition) is 2. The van der Waals surface area contributed by atoms with Crippen LogP contribution in [0.4, 0.5) is 0 Å². The van der Waals surface area contributed by atoms with E-state index in [1.165, 1.54) is 0 Å². The minimum atomic E-state index is 0.653. The molecular formula is C9H9ClN2O3. The summed E-state index contributed by atoms with van der Waals surface area (Å²) in [6.45, 7) is 0. The Hall–Kier alpha value is -1.93. The highest BCUT2D eigenvalue weighted by Gasteiger charge is 1.93. The van der Waals surface area contributed by atoms with Crippen molar-refractivity contribution in [1.29, 1.82) is 10.8 Å². The molecule has 0 aliphatic carbocycles. The molecule has 0 saturated heterocycles. The third-order valence-electron chi connectivity index (χ3n) is 1.06. The van der Waals surface area contributed by atoms with Gasteiger partial charge in [0, 0.05) is 0 Å². The second-order valence-corrected chi connectivity index (χ2v) is 2.25. The Morgan fingerprint density at radius 2 is 1.60 bits per heavy atom. The van der Waals surface area contributed by atoms with Crippen molar-refractivity contribution in [2.45, 2.75) is 0 Å². The summed E-state index contributed by atoms with van der Waals surface area (Å²) >= 11 is 5.70. The van der Waals surface area contributed by atoms with E-state index in [9.17, 15) is 0 Å². The topological polar surface area (TPSA) is 91.1 Å². The fourth-order valence-corrected chi connectivity index (χ4v) is 0.823. The van der Waals surface area contributed by atoms with Gasteiger partial charge in [-0.1, -0.05) is 23.7 Å². The number of hydrogen-bond acceptors (Lipinski definition) is 5. The Morgan fingerprint density at radius 1 is 1.20 bits per heavy atom. The molecule has 0 aliphatic heterocycles. The quantitative estimate of drug-likeness (QED) is 0.570. The fraction of sp³-hybridized carbons (Fsp3) is 0.111. The van der Waals surface area contributed by atoms with Crippen LogP contribution in [0.2, 0.25) is 5.02 Å². The zero-order valence-electron chi connectivity index (χ0n) is 7.91. The molecule has 0 bridgehead atoms. The smallest absolute Gasteiger partial charge is 0.231 e. The molecule has 0 aromatic heterocycles. The largest absolute Gasteiger partial charge is 0.495 e. The zero-order valence-corrected chi connectivity index (χ0v) is 8.67. The average molecular weight is 229 g/mol. The van der Waals surface area contributed by atoms with Crippen LogP contribution < -0.4 is 4.74 Å². The lowest BCUT2D eigenvalue weighted by Crippen LogP contribution is -1.81. The van der Waals surface area contributed by atoms with Crippen molar-refractivity contribution in [2.24, 2.45) is 0 Å². The Kier molecular flexibility index (Phi) is 12.5. The molecular weight excluding hydrogens is 220 g/mol. The van der Waals surface area contributed by atoms with E-state index in [4.69, 9.17) is 36.7 Å². The number of carbonyl (C=O) groups excluding carboxylic acids is 2. The maximum atomic E-state index is 8.35. The fourth-order valence-electron chi connectivity index (χ4n) is 0.610. The first-order valence-corrected chi connectivity index (χ1v) is 3.91. The van der Waals surface area contributed by atoms with E-state index in [2.05, 4.69) is 0 Å². The number of methoxy groups -OCH3 is 1. The van der Waals surface area contributed by atoms with Gasteiger partial charge in [-0.25, -0.2) is 20.4 Å². The number of nitrogens with one attached hydrogen (secondary N) is 2. The maximum Gasteiger partial charge on any atom is 0.231 e. The third-order valence-corrected chi connectivity index (χ3v) is 1.37. The predicted molar refractivity (Wildman–Crippen MR) is 54.8 cm³/mol. The molecule has 15 heavy (non-hydrogen) atoms. The molecule has 0 unspecified atom stereocenters. The van der Waals surface area contributed by atoms with Crippen LogP contribution in [0.3, 0.4) is 0 Å². The number of ether oxygens (including phenoxy) is 1. The van der Waals surface area contributed by atoms with Crippen LogP contribution in [-0.4, -0.2) is 19.3 Å². The molecule has 0 heterocycles. The Morgan fingerprint density at radius 3 is 1.87 bits per heavy atom. The van der Waals surface area contributed by atoms with Crippen molar-refractivity contribution >= 4 is 23.8 Å². The molecule has 80 valence electrons. The molecule has 0 aliphatic rings. The lowest BCUT2D eigenvalue weighted by atomic mass is 10.3. The summed E-state index contributed by atoms with van der Waals surface area (Å²) in [5.41, 5.74) is 0. The van der Waals surface area contributed by atoms with E-state index in [0.29, 0.717) is 5.02 Å². The average Bonchev–Trinajstić information content (AvgIpc) is 2.21. The lowest BCUT2D eigenvalue weighted by molar-refractivity contribution is 0.415. The van der Waals surface area contributed by atoms with Crippen LogP contribution in [0.1, 0.15) is 0 Å². The van der Waals surface area contributed by atoms with Gasteiger partial charge >= 0.3 is 0 Å². The van der Waals surface area contributed by atoms with Crippen molar-refractivity contribution in [2.75, 3.05) is 7.11 Å². The van der Waals surface area contributed by atoms with Gasteiger partial charge in [-0.3, -0.25) is 0 Å². The number of benzene rings is 1. The van der Waals surface area contributed by atoms with Crippen molar-refractivity contribution in [1.82, 2.24) is 0 Å². The van der Waals surface area contributed by atoms with Crippen LogP contribution in [0, 0.1) is 10.8 Å². The van der Waals surface area contributed by atoms with Gasteiger partial charge in [0.05, 0.1) is 12.1 Å². The van der Waals surface area contributed by atoms with E-state index < -0.39 is 0 Å². The highest BCUT2D eigenvalue weighted by atomic mass is 35.5. The lowest BCUT2D eigenvalue weighted by Gasteiger charge is -1.98. The second kappa shape index (κ2) is 12.1. The predicted octanol–water partition coefficient (Wildman–Crippen LogP) is 2.15. The van der Waals surface area contributed by atoms with Crippen molar-refractivity contribution in [3.63, 3.8) is 0 Å². The standard InChI is InChI=1S/C7H7ClO.2CHNO/c1-9-7-5-3-2-4-6(7)8;2*2-1-3/h2-5H,1H3;2*2H. The van der Waals surface area contributed by atoms with Gasteiger partial charge in [-0.05, 0) is 12.1 Å². The van der Waals surface area contributed by atoms with Crippen molar-refractivity contribution in [3.8, 4) is 5.75 Å². The highest BCUT2D eigenvalue weighted by molar-refractivity contribution is 6.32. The van der Waals surface area contributed by atoms with Crippen LogP contribution in [0.25, 0.3) is 0 Å². The van der Waals surface area contributed by atoms with E-state index in [-0.39, 0.29) is 0 Å². The third kappa shape index (κ3) is 9.99. The Bertz CT molecular complexity index is 331. The molecule has 0 radical (unpaired) electrons. The summed E-state index contributed by atoms with van der Waals surface area (Å²) in [6.07, 6.45) is 1.50. The minimum Gasteiger partial charge on any atom is -0.495 e. The second-order valence-electron chi connectivity index (χ2n) is 1.84. The SMILES string of the molecule is COc1ccccc1Cl.N=C=O.N=C=O. The first-order valence-electron chi connectivity index (χ1n) is 3.54. The highest BCUT2D eigenvalue weighted by Crippen LogP contribution is 2.21. The van der Waals surface area contributed by atoms with E-state index >= 15 is 0 Å². The number of para-hydroxylation sites is 1. The van der Waals surface area contributed by atoms with Crippen LogP contribution >= 0.6 is 11.6 Å². The molecule has 0 fully saturated rings. The summed E-state index contributed by atoms with van der Waals surface area (Å²) in [4.78, 5) is 16.7. The zero-order chi connectivity index (χ0) is 12.1. The molecule has 1 aromatic rings. The Labute approximate surface area is 91.6 Å². The summed E-state index contributed by atoms with van der Waals surface area (Å²) < 4.78 is 4.91. The summed E-state index contributed by atoms with van der Waals surface area (Å²) in [5.74, 6) is 0.721. The van der Waals surface area contributed by atoms with Gasteiger partial charge in [0.1, 0.15) is 5.75 Å². The van der Waals surface area contributed by atoms with E-state index in [0.717, 1.165) is 17.9 Å². The number of halogens is 1. The van der Waals surface area contributed by atoms with Gasteiger partial charge in [0.15, 0.2) is 0 Å². The molecule has 0 saturated carbocycles. The van der Waals surface area contributed by atoms with Crippen LogP contribution in [0.15, 0.2) is 24.3 Å². The molecule has 0 atom stereocenters. The number of rotatable bonds is 1.